The molecule has 13 heavy (non-hydrogen) atoms. The summed E-state index contributed by atoms with van der Waals surface area (Å²) in [6, 6.07) is 4.17. The molecule has 72 valence electrons. The smallest absolute Gasteiger partial charge is 0.230 e. The van der Waals surface area contributed by atoms with Crippen molar-refractivity contribution in [1.82, 2.24) is 5.32 Å². The Morgan fingerprint density at radius 2 is 2.54 bits per heavy atom. The van der Waals surface area contributed by atoms with Crippen LogP contribution in [0.1, 0.15) is 17.8 Å². The fourth-order valence-electron chi connectivity index (χ4n) is 1.02. The number of amides is 1. The van der Waals surface area contributed by atoms with Crippen LogP contribution in [0.5, 0.6) is 0 Å². The molecule has 0 bridgehead atoms. The molecule has 2 nitrogen and oxygen atoms in total. The fraction of sp³-hybridized carbons (Fsp3) is 0.444. The summed E-state index contributed by atoms with van der Waals surface area (Å²) in [5, 5.41) is 4.95. The highest BCUT2D eigenvalue weighted by Gasteiger charge is 2.08. The largest absolute Gasteiger partial charge is 0.348 e. The standard InChI is InChI=1S/C9H13NOS2/c1-7(8-4-3-5-13-8)10-9(11)6-12-2/h3-5,7H,6H2,1-2H3,(H,10,11)/t7-/m1/s1. The van der Waals surface area contributed by atoms with Crippen molar-refractivity contribution >= 4 is 29.0 Å². The van der Waals surface area contributed by atoms with E-state index < -0.39 is 0 Å². The molecule has 1 rings (SSSR count). The van der Waals surface area contributed by atoms with Crippen LogP contribution in [0.4, 0.5) is 0 Å². The summed E-state index contributed by atoms with van der Waals surface area (Å²) in [6.45, 7) is 2.00. The van der Waals surface area contributed by atoms with Crippen LogP contribution in [0.3, 0.4) is 0 Å². The van der Waals surface area contributed by atoms with Crippen molar-refractivity contribution in [2.75, 3.05) is 12.0 Å². The second-order valence-corrected chi connectivity index (χ2v) is 4.58. The number of rotatable bonds is 4. The van der Waals surface area contributed by atoms with Crippen molar-refractivity contribution in [3.63, 3.8) is 0 Å². The van der Waals surface area contributed by atoms with Crippen LogP contribution in [0.15, 0.2) is 17.5 Å². The van der Waals surface area contributed by atoms with E-state index in [4.69, 9.17) is 0 Å². The van der Waals surface area contributed by atoms with Gasteiger partial charge in [-0.2, -0.15) is 11.8 Å². The molecule has 0 fully saturated rings. The minimum Gasteiger partial charge on any atom is -0.348 e. The van der Waals surface area contributed by atoms with Crippen molar-refractivity contribution in [1.29, 1.82) is 0 Å². The summed E-state index contributed by atoms with van der Waals surface area (Å²) in [6.07, 6.45) is 1.93. The molecule has 1 N–H and O–H groups in total. The third-order valence-electron chi connectivity index (χ3n) is 1.62. The SMILES string of the molecule is CSCC(=O)N[C@H](C)c1cccs1. The van der Waals surface area contributed by atoms with E-state index in [-0.39, 0.29) is 11.9 Å². The van der Waals surface area contributed by atoms with E-state index in [1.54, 1.807) is 23.1 Å². The summed E-state index contributed by atoms with van der Waals surface area (Å²) in [5.41, 5.74) is 0. The normalized spacial score (nSPS) is 12.5. The average molecular weight is 215 g/mol. The maximum atomic E-state index is 11.2. The Morgan fingerprint density at radius 1 is 1.77 bits per heavy atom. The first-order chi connectivity index (χ1) is 6.24. The molecule has 0 aliphatic carbocycles. The van der Waals surface area contributed by atoms with Crippen molar-refractivity contribution in [2.45, 2.75) is 13.0 Å². The van der Waals surface area contributed by atoms with E-state index in [0.717, 1.165) is 0 Å². The predicted octanol–water partition coefficient (Wildman–Crippen LogP) is 2.29. The maximum Gasteiger partial charge on any atom is 0.230 e. The molecule has 1 amide bonds. The van der Waals surface area contributed by atoms with Gasteiger partial charge in [0.1, 0.15) is 0 Å². The molecular weight excluding hydrogens is 202 g/mol. The van der Waals surface area contributed by atoms with Crippen LogP contribution < -0.4 is 5.32 Å². The number of nitrogens with one attached hydrogen (secondary N) is 1. The van der Waals surface area contributed by atoms with Gasteiger partial charge in [-0.1, -0.05) is 6.07 Å². The van der Waals surface area contributed by atoms with Crippen LogP contribution in [0.2, 0.25) is 0 Å². The minimum atomic E-state index is 0.105. The van der Waals surface area contributed by atoms with Crippen LogP contribution in [-0.2, 0) is 4.79 Å². The molecule has 1 atom stereocenters. The summed E-state index contributed by atoms with van der Waals surface area (Å²) < 4.78 is 0. The topological polar surface area (TPSA) is 29.1 Å². The maximum absolute atomic E-state index is 11.2. The van der Waals surface area contributed by atoms with Crippen molar-refractivity contribution in [3.8, 4) is 0 Å². The van der Waals surface area contributed by atoms with Gasteiger partial charge >= 0.3 is 0 Å². The zero-order chi connectivity index (χ0) is 9.68. The molecular formula is C9H13NOS2. The molecule has 0 radical (unpaired) electrons. The van der Waals surface area contributed by atoms with E-state index in [0.29, 0.717) is 5.75 Å². The van der Waals surface area contributed by atoms with Crippen molar-refractivity contribution < 1.29 is 4.79 Å². The van der Waals surface area contributed by atoms with E-state index in [1.807, 2.05) is 30.7 Å². The first kappa shape index (κ1) is 10.6. The lowest BCUT2D eigenvalue weighted by molar-refractivity contribution is -0.119. The molecule has 4 heteroatoms. The highest BCUT2D eigenvalue weighted by atomic mass is 32.2. The molecule has 1 aromatic rings. The first-order valence-electron chi connectivity index (χ1n) is 4.05. The van der Waals surface area contributed by atoms with Gasteiger partial charge in [0, 0.05) is 4.88 Å². The van der Waals surface area contributed by atoms with Crippen LogP contribution in [-0.4, -0.2) is 17.9 Å². The number of thioether (sulfide) groups is 1. The average Bonchev–Trinajstić information content (AvgIpc) is 2.55. The quantitative estimate of drug-likeness (QED) is 0.835. The van der Waals surface area contributed by atoms with E-state index in [9.17, 15) is 4.79 Å². The van der Waals surface area contributed by atoms with Crippen LogP contribution in [0, 0.1) is 0 Å². The summed E-state index contributed by atoms with van der Waals surface area (Å²) >= 11 is 3.21. The molecule has 0 aromatic carbocycles. The molecule has 0 unspecified atom stereocenters. The summed E-state index contributed by atoms with van der Waals surface area (Å²) in [5.74, 6) is 0.642. The minimum absolute atomic E-state index is 0.105. The Morgan fingerprint density at radius 3 is 3.08 bits per heavy atom. The van der Waals surface area contributed by atoms with Crippen LogP contribution >= 0.6 is 23.1 Å². The second-order valence-electron chi connectivity index (χ2n) is 2.74. The molecule has 0 aliphatic rings. The number of hydrogen-bond donors (Lipinski definition) is 1. The number of carbonyl (C=O) groups is 1. The van der Waals surface area contributed by atoms with E-state index >= 15 is 0 Å². The Balaban J connectivity index is 2.42. The van der Waals surface area contributed by atoms with Gasteiger partial charge in [-0.25, -0.2) is 0 Å². The highest BCUT2D eigenvalue weighted by Crippen LogP contribution is 2.17. The Labute approximate surface area is 86.7 Å². The van der Waals surface area contributed by atoms with Gasteiger partial charge in [-0.15, -0.1) is 11.3 Å². The lowest BCUT2D eigenvalue weighted by atomic mass is 10.3. The van der Waals surface area contributed by atoms with E-state index in [1.165, 1.54) is 4.88 Å². The monoisotopic (exact) mass is 215 g/mol. The third kappa shape index (κ3) is 3.40. The predicted molar refractivity (Wildman–Crippen MR) is 59.3 cm³/mol. The van der Waals surface area contributed by atoms with E-state index in [2.05, 4.69) is 5.32 Å². The zero-order valence-corrected chi connectivity index (χ0v) is 9.37. The van der Waals surface area contributed by atoms with Crippen molar-refractivity contribution in [2.24, 2.45) is 0 Å². The Kier molecular flexibility index (Phi) is 4.32. The van der Waals surface area contributed by atoms with Gasteiger partial charge < -0.3 is 5.32 Å². The zero-order valence-electron chi connectivity index (χ0n) is 7.74. The number of carbonyl (C=O) groups excluding carboxylic acids is 1. The lowest BCUT2D eigenvalue weighted by Crippen LogP contribution is -2.27. The van der Waals surface area contributed by atoms with Gasteiger partial charge in [-0.05, 0) is 24.6 Å². The lowest BCUT2D eigenvalue weighted by Gasteiger charge is -2.11. The van der Waals surface area contributed by atoms with Gasteiger partial charge in [0.2, 0.25) is 5.91 Å². The molecule has 0 aliphatic heterocycles. The molecule has 0 saturated heterocycles. The molecule has 1 aromatic heterocycles. The summed E-state index contributed by atoms with van der Waals surface area (Å²) in [7, 11) is 0. The molecule has 1 heterocycles. The van der Waals surface area contributed by atoms with Crippen molar-refractivity contribution in [3.05, 3.63) is 22.4 Å². The fourth-order valence-corrected chi connectivity index (χ4v) is 2.10. The number of thiophene rings is 1. The first-order valence-corrected chi connectivity index (χ1v) is 6.33. The Hall–Kier alpha value is -0.480. The van der Waals surface area contributed by atoms with Gasteiger partial charge in [0.15, 0.2) is 0 Å². The van der Waals surface area contributed by atoms with Crippen LogP contribution in [0.25, 0.3) is 0 Å². The Bertz CT molecular complexity index is 259. The molecule has 0 saturated carbocycles. The third-order valence-corrected chi connectivity index (χ3v) is 3.23. The number of hydrogen-bond acceptors (Lipinski definition) is 3. The second kappa shape index (κ2) is 5.29. The highest BCUT2D eigenvalue weighted by molar-refractivity contribution is 7.99. The molecule has 0 spiro atoms. The summed E-state index contributed by atoms with van der Waals surface area (Å²) in [4.78, 5) is 12.4. The van der Waals surface area contributed by atoms with Gasteiger partial charge in [-0.3, -0.25) is 4.79 Å². The van der Waals surface area contributed by atoms with Gasteiger partial charge in [0.25, 0.3) is 0 Å². The van der Waals surface area contributed by atoms with Gasteiger partial charge in [0.05, 0.1) is 11.8 Å².